The van der Waals surface area contributed by atoms with E-state index in [1.165, 1.54) is 0 Å². The first kappa shape index (κ1) is 7.41. The Hall–Kier alpha value is -0.700. The number of rotatable bonds is 0. The van der Waals surface area contributed by atoms with Crippen molar-refractivity contribution in [2.75, 3.05) is 0 Å². The fourth-order valence-electron chi connectivity index (χ4n) is 0.662. The van der Waals surface area contributed by atoms with E-state index in [1.54, 1.807) is 13.8 Å². The molecule has 0 fully saturated rings. The first-order chi connectivity index (χ1) is 4.61. The Balaban J connectivity index is 3.31. The molecule has 0 saturated heterocycles. The number of aryl methyl sites for hydroxylation is 2. The normalized spacial score (nSPS) is 10.0. The van der Waals surface area contributed by atoms with Gasteiger partial charge in [0, 0.05) is 0 Å². The molecule has 1 aromatic heterocycles. The minimum absolute atomic E-state index is 0.432. The zero-order valence-electron chi connectivity index (χ0n) is 5.65. The molecule has 0 aliphatic heterocycles. The Bertz CT molecular complexity index is 239. The summed E-state index contributed by atoms with van der Waals surface area (Å²) in [5.74, 6) is 0. The number of hydrogen-bond acceptors (Lipinski definition) is 2. The average Bonchev–Trinajstić information content (AvgIpc) is 1.82. The van der Waals surface area contributed by atoms with Crippen LogP contribution >= 0.6 is 11.6 Å². The molecule has 4 heteroatoms. The predicted octanol–water partition coefficient (Wildman–Crippen LogP) is 1.89. The average molecular weight is 161 g/mol. The first-order valence-electron chi connectivity index (χ1n) is 2.77. The molecule has 0 aliphatic rings. The molecule has 0 unspecified atom stereocenters. The molecule has 1 aromatic rings. The molecular formula is C6H6ClFN2. The Morgan fingerprint density at radius 3 is 2.00 bits per heavy atom. The van der Waals surface area contributed by atoms with E-state index in [2.05, 4.69) is 9.97 Å². The lowest BCUT2D eigenvalue weighted by atomic mass is 10.4. The van der Waals surface area contributed by atoms with Crippen molar-refractivity contribution in [3.8, 4) is 0 Å². The molecule has 0 bridgehead atoms. The molecule has 1 rings (SSSR count). The summed E-state index contributed by atoms with van der Waals surface area (Å²) < 4.78 is 12.3. The van der Waals surface area contributed by atoms with Gasteiger partial charge in [-0.05, 0) is 13.8 Å². The monoisotopic (exact) mass is 160 g/mol. The number of hydrogen-bond donors (Lipinski definition) is 0. The van der Waals surface area contributed by atoms with Crippen LogP contribution in [0.25, 0.3) is 0 Å². The van der Waals surface area contributed by atoms with E-state index in [0.29, 0.717) is 16.4 Å². The SMILES string of the molecule is Cc1nc(F)nc(C)c1Cl. The third-order valence-corrected chi connectivity index (χ3v) is 1.70. The highest BCUT2D eigenvalue weighted by atomic mass is 35.5. The van der Waals surface area contributed by atoms with Crippen molar-refractivity contribution >= 4 is 11.6 Å². The topological polar surface area (TPSA) is 25.8 Å². The van der Waals surface area contributed by atoms with Crippen molar-refractivity contribution in [3.05, 3.63) is 22.5 Å². The standard InChI is InChI=1S/C6H6ClFN2/c1-3-5(7)4(2)10-6(8)9-3/h1-2H3. The van der Waals surface area contributed by atoms with Gasteiger partial charge in [0.25, 0.3) is 0 Å². The van der Waals surface area contributed by atoms with Crippen LogP contribution in [-0.2, 0) is 0 Å². The van der Waals surface area contributed by atoms with Gasteiger partial charge in [-0.3, -0.25) is 0 Å². The molecule has 10 heavy (non-hydrogen) atoms. The molecular weight excluding hydrogens is 155 g/mol. The lowest BCUT2D eigenvalue weighted by Crippen LogP contribution is -1.96. The quantitative estimate of drug-likeness (QED) is 0.542. The van der Waals surface area contributed by atoms with Crippen molar-refractivity contribution in [2.24, 2.45) is 0 Å². The molecule has 0 aliphatic carbocycles. The van der Waals surface area contributed by atoms with Gasteiger partial charge in [-0.25, -0.2) is 9.97 Å². The highest BCUT2D eigenvalue weighted by molar-refractivity contribution is 6.31. The maximum absolute atomic E-state index is 12.3. The molecule has 0 radical (unpaired) electrons. The fraction of sp³-hybridized carbons (Fsp3) is 0.333. The molecule has 1 heterocycles. The van der Waals surface area contributed by atoms with Crippen LogP contribution in [0.5, 0.6) is 0 Å². The minimum Gasteiger partial charge on any atom is -0.206 e. The minimum atomic E-state index is -0.723. The van der Waals surface area contributed by atoms with E-state index in [1.807, 2.05) is 0 Å². The molecule has 54 valence electrons. The first-order valence-corrected chi connectivity index (χ1v) is 3.15. The number of nitrogens with zero attached hydrogens (tertiary/aromatic N) is 2. The zero-order chi connectivity index (χ0) is 7.72. The van der Waals surface area contributed by atoms with Gasteiger partial charge >= 0.3 is 6.08 Å². The van der Waals surface area contributed by atoms with Crippen LogP contribution in [0.2, 0.25) is 5.02 Å². The molecule has 0 N–H and O–H groups in total. The van der Waals surface area contributed by atoms with Crippen molar-refractivity contribution < 1.29 is 4.39 Å². The second-order valence-electron chi connectivity index (χ2n) is 1.98. The van der Waals surface area contributed by atoms with Crippen LogP contribution in [0.1, 0.15) is 11.4 Å². The Morgan fingerprint density at radius 1 is 1.20 bits per heavy atom. The molecule has 0 atom stereocenters. The summed E-state index contributed by atoms with van der Waals surface area (Å²) in [6.07, 6.45) is -0.723. The third kappa shape index (κ3) is 1.24. The summed E-state index contributed by atoms with van der Waals surface area (Å²) in [5, 5.41) is 0.432. The largest absolute Gasteiger partial charge is 0.309 e. The zero-order valence-corrected chi connectivity index (χ0v) is 6.41. The van der Waals surface area contributed by atoms with Gasteiger partial charge in [0.05, 0.1) is 16.4 Å². The highest BCUT2D eigenvalue weighted by Crippen LogP contribution is 2.15. The highest BCUT2D eigenvalue weighted by Gasteiger charge is 2.03. The number of aromatic nitrogens is 2. The van der Waals surface area contributed by atoms with Crippen LogP contribution in [-0.4, -0.2) is 9.97 Å². The van der Waals surface area contributed by atoms with Crippen molar-refractivity contribution in [1.29, 1.82) is 0 Å². The van der Waals surface area contributed by atoms with E-state index >= 15 is 0 Å². The third-order valence-electron chi connectivity index (χ3n) is 1.16. The van der Waals surface area contributed by atoms with Crippen LogP contribution in [0.4, 0.5) is 4.39 Å². The maximum atomic E-state index is 12.3. The van der Waals surface area contributed by atoms with Gasteiger partial charge in [0.2, 0.25) is 0 Å². The van der Waals surface area contributed by atoms with Crippen molar-refractivity contribution in [3.63, 3.8) is 0 Å². The van der Waals surface area contributed by atoms with E-state index < -0.39 is 6.08 Å². The van der Waals surface area contributed by atoms with E-state index in [-0.39, 0.29) is 0 Å². The van der Waals surface area contributed by atoms with E-state index in [9.17, 15) is 4.39 Å². The lowest BCUT2D eigenvalue weighted by molar-refractivity contribution is 0.531. The maximum Gasteiger partial charge on any atom is 0.309 e. The van der Waals surface area contributed by atoms with Crippen LogP contribution in [0, 0.1) is 19.9 Å². The van der Waals surface area contributed by atoms with E-state index in [4.69, 9.17) is 11.6 Å². The summed E-state index contributed by atoms with van der Waals surface area (Å²) in [6.45, 7) is 3.28. The summed E-state index contributed by atoms with van der Waals surface area (Å²) in [7, 11) is 0. The number of halogens is 2. The Morgan fingerprint density at radius 2 is 1.60 bits per heavy atom. The summed E-state index contributed by atoms with van der Waals surface area (Å²) in [5.41, 5.74) is 0.957. The van der Waals surface area contributed by atoms with Gasteiger partial charge in [0.1, 0.15) is 0 Å². The fourth-order valence-corrected chi connectivity index (χ4v) is 0.746. The van der Waals surface area contributed by atoms with Gasteiger partial charge in [-0.1, -0.05) is 11.6 Å². The summed E-state index contributed by atoms with van der Waals surface area (Å²) in [6, 6.07) is 0. The van der Waals surface area contributed by atoms with Gasteiger partial charge in [0.15, 0.2) is 0 Å². The van der Waals surface area contributed by atoms with Crippen molar-refractivity contribution in [2.45, 2.75) is 13.8 Å². The second kappa shape index (κ2) is 2.50. The molecule has 0 spiro atoms. The van der Waals surface area contributed by atoms with Gasteiger partial charge < -0.3 is 0 Å². The Labute approximate surface area is 63.1 Å². The van der Waals surface area contributed by atoms with Crippen LogP contribution in [0.15, 0.2) is 0 Å². The lowest BCUT2D eigenvalue weighted by Gasteiger charge is -1.98. The molecule has 0 saturated carbocycles. The molecule has 2 nitrogen and oxygen atoms in total. The van der Waals surface area contributed by atoms with Crippen LogP contribution in [0.3, 0.4) is 0 Å². The summed E-state index contributed by atoms with van der Waals surface area (Å²) >= 11 is 5.66. The smallest absolute Gasteiger partial charge is 0.206 e. The van der Waals surface area contributed by atoms with E-state index in [0.717, 1.165) is 0 Å². The second-order valence-corrected chi connectivity index (χ2v) is 2.36. The predicted molar refractivity (Wildman–Crippen MR) is 36.5 cm³/mol. The van der Waals surface area contributed by atoms with Gasteiger partial charge in [-0.2, -0.15) is 4.39 Å². The molecule has 0 aromatic carbocycles. The Kier molecular flexibility index (Phi) is 1.85. The van der Waals surface area contributed by atoms with Gasteiger partial charge in [-0.15, -0.1) is 0 Å². The van der Waals surface area contributed by atoms with Crippen LogP contribution < -0.4 is 0 Å². The summed E-state index contributed by atoms with van der Waals surface area (Å²) in [4.78, 5) is 6.85. The molecule has 0 amide bonds. The van der Waals surface area contributed by atoms with Crippen molar-refractivity contribution in [1.82, 2.24) is 9.97 Å².